The summed E-state index contributed by atoms with van der Waals surface area (Å²) >= 11 is 0. The smallest absolute Gasteiger partial charge is 0.253 e. The molecule has 0 saturated carbocycles. The van der Waals surface area contributed by atoms with Crippen molar-refractivity contribution in [1.82, 2.24) is 4.90 Å². The minimum Gasteiger partial charge on any atom is -0.383 e. The van der Waals surface area contributed by atoms with Crippen molar-refractivity contribution in [2.24, 2.45) is 11.8 Å². The predicted molar refractivity (Wildman–Crippen MR) is 252 cm³/mol. The van der Waals surface area contributed by atoms with Gasteiger partial charge in [0.25, 0.3) is 10.9 Å². The zero-order valence-corrected chi connectivity index (χ0v) is 38.7. The van der Waals surface area contributed by atoms with Crippen LogP contribution >= 0.6 is 0 Å². The molecule has 2 N–H and O–H groups in total. The lowest BCUT2D eigenvalue weighted by atomic mass is 9.89. The first-order chi connectivity index (χ1) is 27.5. The molecule has 0 heterocycles. The number of anilines is 2. The molecule has 330 valence electrons. The molecule has 0 aromatic heterocycles. The summed E-state index contributed by atoms with van der Waals surface area (Å²) in [5, 5.41) is 6.14. The van der Waals surface area contributed by atoms with E-state index < -0.39 is 0 Å². The third kappa shape index (κ3) is 28.1. The number of rotatable bonds is 45. The van der Waals surface area contributed by atoms with Gasteiger partial charge in [0.2, 0.25) is 0 Å². The van der Waals surface area contributed by atoms with Crippen molar-refractivity contribution in [3.63, 3.8) is 0 Å². The largest absolute Gasteiger partial charge is 0.383 e. The summed E-state index contributed by atoms with van der Waals surface area (Å²) in [6.07, 6.45) is 50.4. The van der Waals surface area contributed by atoms with Crippen molar-refractivity contribution < 1.29 is 0 Å². The summed E-state index contributed by atoms with van der Waals surface area (Å²) < 4.78 is 0. The van der Waals surface area contributed by atoms with E-state index in [2.05, 4.69) is 43.2 Å². The highest BCUT2D eigenvalue weighted by atomic mass is 16.2. The molecule has 0 saturated heterocycles. The summed E-state index contributed by atoms with van der Waals surface area (Å²) in [7, 11) is 1.72. The first-order valence-electron chi connectivity index (χ1n) is 25.5. The van der Waals surface area contributed by atoms with E-state index in [1.807, 2.05) is 0 Å². The fourth-order valence-electron chi connectivity index (χ4n) is 9.16. The van der Waals surface area contributed by atoms with E-state index in [0.717, 1.165) is 31.3 Å². The summed E-state index contributed by atoms with van der Waals surface area (Å²) in [4.78, 5) is 26.5. The van der Waals surface area contributed by atoms with E-state index in [9.17, 15) is 9.59 Å². The van der Waals surface area contributed by atoms with E-state index in [0.29, 0.717) is 11.4 Å². The third-order valence-corrected chi connectivity index (χ3v) is 12.9. The van der Waals surface area contributed by atoms with Gasteiger partial charge in [-0.25, -0.2) is 0 Å². The molecule has 0 radical (unpaired) electrons. The summed E-state index contributed by atoms with van der Waals surface area (Å²) in [5.41, 5.74) is 0.177. The van der Waals surface area contributed by atoms with Gasteiger partial charge in [-0.1, -0.05) is 240 Å². The topological polar surface area (TPSA) is 61.4 Å². The second-order valence-corrected chi connectivity index (χ2v) is 18.1. The van der Waals surface area contributed by atoms with Gasteiger partial charge in [-0.15, -0.1) is 0 Å². The van der Waals surface area contributed by atoms with E-state index in [-0.39, 0.29) is 10.9 Å². The Kier molecular flexibility index (Phi) is 36.8. The Labute approximate surface area is 350 Å². The highest BCUT2D eigenvalue weighted by Gasteiger charge is 2.19. The number of hydrogen-bond acceptors (Lipinski definition) is 5. The van der Waals surface area contributed by atoms with Crippen LogP contribution in [0.25, 0.3) is 0 Å². The van der Waals surface area contributed by atoms with Gasteiger partial charge in [-0.2, -0.15) is 0 Å². The molecule has 1 atom stereocenters. The number of nitrogens with zero attached hydrogens (tertiary/aromatic N) is 1. The molecular formula is C51H99N3O2. The van der Waals surface area contributed by atoms with E-state index in [1.165, 1.54) is 238 Å². The Bertz CT molecular complexity index is 1020. The van der Waals surface area contributed by atoms with E-state index >= 15 is 0 Å². The average Bonchev–Trinajstić information content (AvgIpc) is 3.20. The minimum absolute atomic E-state index is 0.370. The molecule has 56 heavy (non-hydrogen) atoms. The lowest BCUT2D eigenvalue weighted by molar-refractivity contribution is 0.259. The second-order valence-electron chi connectivity index (χ2n) is 18.1. The number of nitrogens with one attached hydrogen (secondary N) is 2. The maximum atomic E-state index is 12.0. The van der Waals surface area contributed by atoms with Gasteiger partial charge < -0.3 is 15.5 Å². The van der Waals surface area contributed by atoms with Gasteiger partial charge >= 0.3 is 0 Å². The summed E-state index contributed by atoms with van der Waals surface area (Å²) in [6.45, 7) is 13.5. The highest BCUT2D eigenvalue weighted by Crippen LogP contribution is 2.26. The molecule has 0 aliphatic carbocycles. The molecular weight excluding hydrogens is 687 g/mol. The van der Waals surface area contributed by atoms with Gasteiger partial charge in [0.05, 0.1) is 0 Å². The van der Waals surface area contributed by atoms with Crippen LogP contribution in [-0.2, 0) is 0 Å². The quantitative estimate of drug-likeness (QED) is 0.0509. The molecule has 5 nitrogen and oxygen atoms in total. The van der Waals surface area contributed by atoms with Gasteiger partial charge in [0.15, 0.2) is 0 Å². The van der Waals surface area contributed by atoms with Crippen molar-refractivity contribution >= 4 is 11.4 Å². The zero-order chi connectivity index (χ0) is 40.7. The predicted octanol–water partition coefficient (Wildman–Crippen LogP) is 15.4. The average molecular weight is 786 g/mol. The van der Waals surface area contributed by atoms with Crippen molar-refractivity contribution in [2.75, 3.05) is 43.9 Å². The van der Waals surface area contributed by atoms with Crippen LogP contribution in [0, 0.1) is 11.8 Å². The highest BCUT2D eigenvalue weighted by molar-refractivity contribution is 5.73. The van der Waals surface area contributed by atoms with E-state index in [1.54, 1.807) is 7.05 Å². The molecule has 1 aromatic rings. The molecule has 1 unspecified atom stereocenters. The molecule has 0 aliphatic heterocycles. The lowest BCUT2D eigenvalue weighted by Crippen LogP contribution is -2.37. The van der Waals surface area contributed by atoms with Crippen LogP contribution in [0.15, 0.2) is 9.59 Å². The van der Waals surface area contributed by atoms with Crippen LogP contribution in [-0.4, -0.2) is 38.1 Å². The van der Waals surface area contributed by atoms with Gasteiger partial charge in [-0.3, -0.25) is 9.59 Å². The Morgan fingerprint density at radius 1 is 0.375 bits per heavy atom. The zero-order valence-electron chi connectivity index (χ0n) is 38.7. The van der Waals surface area contributed by atoms with Crippen LogP contribution in [0.1, 0.15) is 259 Å². The van der Waals surface area contributed by atoms with Crippen LogP contribution in [0.2, 0.25) is 0 Å². The van der Waals surface area contributed by atoms with Crippen LogP contribution in [0.3, 0.4) is 0 Å². The standard InChI is InChI=1S/C51H99N3O2/c1-6-10-13-16-22-30-39-47(40-31-23-17-14-11-7-2)41-32-25-20-27-34-44-54(45-35-42-53-49-48(52-5)50(55)51(49)56)43-33-26-19-18-24-29-38-46(36-9-4)37-28-21-15-12-8-3/h46-47,52-53H,6-45H2,1-5H3. The Hall–Kier alpha value is -1.36. The van der Waals surface area contributed by atoms with Crippen molar-refractivity contribution in [1.29, 1.82) is 0 Å². The van der Waals surface area contributed by atoms with Crippen molar-refractivity contribution in [3.8, 4) is 0 Å². The second kappa shape index (κ2) is 39.1. The number of unbranched alkanes of at least 4 members (excludes halogenated alkanes) is 23. The summed E-state index contributed by atoms with van der Waals surface area (Å²) in [6, 6.07) is 0. The molecule has 1 rings (SSSR count). The molecule has 0 aliphatic rings. The Morgan fingerprint density at radius 2 is 0.696 bits per heavy atom. The molecule has 5 heteroatoms. The third-order valence-electron chi connectivity index (χ3n) is 12.9. The number of hydrogen-bond donors (Lipinski definition) is 2. The fraction of sp³-hybridized carbons (Fsp3) is 0.922. The van der Waals surface area contributed by atoms with Crippen molar-refractivity contribution in [2.45, 2.75) is 259 Å². The van der Waals surface area contributed by atoms with Gasteiger partial charge in [0, 0.05) is 13.6 Å². The van der Waals surface area contributed by atoms with Crippen LogP contribution in [0.4, 0.5) is 11.4 Å². The Morgan fingerprint density at radius 3 is 1.07 bits per heavy atom. The Balaban J connectivity index is 2.41. The molecule has 1 aromatic carbocycles. The summed E-state index contributed by atoms with van der Waals surface area (Å²) in [5.74, 6) is 1.93. The lowest BCUT2D eigenvalue weighted by Gasteiger charge is -2.23. The molecule has 0 fully saturated rings. The van der Waals surface area contributed by atoms with Gasteiger partial charge in [0.1, 0.15) is 11.4 Å². The molecule has 0 spiro atoms. The molecule has 0 amide bonds. The van der Waals surface area contributed by atoms with Crippen LogP contribution < -0.4 is 21.5 Å². The molecule has 0 bridgehead atoms. The maximum Gasteiger partial charge on any atom is 0.253 e. The van der Waals surface area contributed by atoms with Crippen LogP contribution in [0.5, 0.6) is 0 Å². The fourth-order valence-corrected chi connectivity index (χ4v) is 9.16. The normalized spacial score (nSPS) is 12.4. The first kappa shape index (κ1) is 52.7. The maximum absolute atomic E-state index is 12.0. The van der Waals surface area contributed by atoms with E-state index in [4.69, 9.17) is 0 Å². The van der Waals surface area contributed by atoms with Gasteiger partial charge in [-0.05, 0) is 50.7 Å². The SMILES string of the molecule is CCCCCCCCC(CCCCCCCC)CCCCCCCN(CCCCCCCCC(CCC)CCCCCCC)CCCNc1c(NC)c(=O)c1=O. The monoisotopic (exact) mass is 786 g/mol. The van der Waals surface area contributed by atoms with Crippen molar-refractivity contribution in [3.05, 3.63) is 20.4 Å². The first-order valence-corrected chi connectivity index (χ1v) is 25.5. The minimum atomic E-state index is -0.388.